The van der Waals surface area contributed by atoms with Crippen molar-refractivity contribution in [3.8, 4) is 0 Å². The van der Waals surface area contributed by atoms with Gasteiger partial charge in [-0.15, -0.1) is 0 Å². The fourth-order valence-electron chi connectivity index (χ4n) is 5.72. The molecular formula is C25H29ClN4O. The van der Waals surface area contributed by atoms with Gasteiger partial charge in [0.15, 0.2) is 6.29 Å². The molecular weight excluding hydrogens is 408 g/mol. The number of rotatable bonds is 3. The van der Waals surface area contributed by atoms with Crippen LogP contribution in [0.4, 0.5) is 17.1 Å². The van der Waals surface area contributed by atoms with E-state index in [4.69, 9.17) is 16.6 Å². The minimum Gasteiger partial charge on any atom is -0.369 e. The Bertz CT molecular complexity index is 1020. The third-order valence-corrected chi connectivity index (χ3v) is 7.50. The molecule has 2 aliphatic heterocycles. The van der Waals surface area contributed by atoms with E-state index >= 15 is 0 Å². The molecule has 2 fully saturated rings. The van der Waals surface area contributed by atoms with Crippen molar-refractivity contribution in [2.24, 2.45) is 4.99 Å². The summed E-state index contributed by atoms with van der Waals surface area (Å²) in [5.41, 5.74) is 4.96. The summed E-state index contributed by atoms with van der Waals surface area (Å²) in [7, 11) is 1.88. The van der Waals surface area contributed by atoms with Crippen LogP contribution >= 0.6 is 11.6 Å². The van der Waals surface area contributed by atoms with Gasteiger partial charge in [-0.05, 0) is 42.7 Å². The molecule has 0 radical (unpaired) electrons. The van der Waals surface area contributed by atoms with Crippen LogP contribution in [0.1, 0.15) is 48.0 Å². The van der Waals surface area contributed by atoms with Crippen molar-refractivity contribution < 1.29 is 4.79 Å². The molecule has 5 rings (SSSR count). The van der Waals surface area contributed by atoms with E-state index in [2.05, 4.69) is 33.3 Å². The number of hydrogen-bond donors (Lipinski definition) is 1. The second kappa shape index (κ2) is 8.29. The molecule has 2 aromatic rings. The number of piperazine rings is 1. The van der Waals surface area contributed by atoms with Gasteiger partial charge in [0.05, 0.1) is 27.4 Å². The van der Waals surface area contributed by atoms with Crippen molar-refractivity contribution in [2.75, 3.05) is 43.0 Å². The molecule has 1 spiro atoms. The zero-order chi connectivity index (χ0) is 21.4. The Kier molecular flexibility index (Phi) is 5.49. The third-order valence-electron chi connectivity index (χ3n) is 7.17. The lowest BCUT2D eigenvalue weighted by molar-refractivity contribution is 0.112. The van der Waals surface area contributed by atoms with Crippen LogP contribution in [0.3, 0.4) is 0 Å². The number of hydrogen-bond acceptors (Lipinski definition) is 4. The number of anilines is 3. The van der Waals surface area contributed by atoms with Gasteiger partial charge in [-0.3, -0.25) is 14.7 Å². The Morgan fingerprint density at radius 1 is 1.06 bits per heavy atom. The molecule has 0 unspecified atom stereocenters. The molecule has 0 amide bonds. The molecule has 0 atom stereocenters. The Morgan fingerprint density at radius 3 is 2.55 bits per heavy atom. The second-order valence-electron chi connectivity index (χ2n) is 8.75. The summed E-state index contributed by atoms with van der Waals surface area (Å²) < 4.78 is 0. The number of benzene rings is 2. The normalized spacial score (nSPS) is 21.5. The lowest BCUT2D eigenvalue weighted by Crippen LogP contribution is -2.43. The van der Waals surface area contributed by atoms with Crippen LogP contribution < -0.4 is 15.1 Å². The molecule has 2 aromatic carbocycles. The highest BCUT2D eigenvalue weighted by molar-refractivity contribution is 6.34. The van der Waals surface area contributed by atoms with E-state index in [1.807, 2.05) is 19.2 Å². The van der Waals surface area contributed by atoms with Gasteiger partial charge in [0.2, 0.25) is 0 Å². The van der Waals surface area contributed by atoms with Crippen molar-refractivity contribution in [3.05, 3.63) is 52.5 Å². The molecule has 1 aliphatic carbocycles. The van der Waals surface area contributed by atoms with Gasteiger partial charge in [0.1, 0.15) is 5.84 Å². The number of amidine groups is 1. The predicted octanol–water partition coefficient (Wildman–Crippen LogP) is 4.94. The molecule has 1 N–H and O–H groups in total. The summed E-state index contributed by atoms with van der Waals surface area (Å²) in [5, 5.41) is 3.91. The fraction of sp³-hybridized carbons (Fsp3) is 0.440. The highest BCUT2D eigenvalue weighted by Crippen LogP contribution is 2.54. The number of carbonyl (C=O) groups excluding carboxylic acids is 1. The van der Waals surface area contributed by atoms with Crippen LogP contribution in [0.2, 0.25) is 5.02 Å². The molecule has 0 aromatic heterocycles. The number of fused-ring (bicyclic) bond motifs is 2. The minimum atomic E-state index is -0.0905. The van der Waals surface area contributed by atoms with E-state index in [9.17, 15) is 4.79 Å². The Labute approximate surface area is 189 Å². The molecule has 162 valence electrons. The number of carbonyl (C=O) groups is 1. The Balaban J connectivity index is 1.71. The maximum atomic E-state index is 12.0. The van der Waals surface area contributed by atoms with Gasteiger partial charge in [0.25, 0.3) is 0 Å². The summed E-state index contributed by atoms with van der Waals surface area (Å²) in [4.78, 5) is 21.5. The van der Waals surface area contributed by atoms with Crippen LogP contribution in [0.15, 0.2) is 41.4 Å². The van der Waals surface area contributed by atoms with Crippen molar-refractivity contribution in [1.29, 1.82) is 0 Å². The predicted molar refractivity (Wildman–Crippen MR) is 129 cm³/mol. The topological polar surface area (TPSA) is 47.9 Å². The summed E-state index contributed by atoms with van der Waals surface area (Å²) >= 11 is 6.44. The Morgan fingerprint density at radius 2 is 1.84 bits per heavy atom. The van der Waals surface area contributed by atoms with E-state index in [1.54, 1.807) is 6.07 Å². The van der Waals surface area contributed by atoms with Gasteiger partial charge in [-0.25, -0.2) is 0 Å². The molecule has 31 heavy (non-hydrogen) atoms. The summed E-state index contributed by atoms with van der Waals surface area (Å²) in [6.45, 7) is 3.98. The van der Waals surface area contributed by atoms with Crippen LogP contribution in [0, 0.1) is 0 Å². The van der Waals surface area contributed by atoms with Crippen LogP contribution in [-0.4, -0.2) is 45.3 Å². The number of nitrogens with one attached hydrogen (secondary N) is 1. The lowest BCUT2D eigenvalue weighted by atomic mass is 9.70. The van der Waals surface area contributed by atoms with Crippen LogP contribution in [0.5, 0.6) is 0 Å². The molecule has 1 saturated carbocycles. The monoisotopic (exact) mass is 436 g/mol. The summed E-state index contributed by atoms with van der Waals surface area (Å²) in [6.07, 6.45) is 6.71. The first-order valence-electron chi connectivity index (χ1n) is 11.3. The molecule has 0 bridgehead atoms. The number of aliphatic imine (C=N–C) groups is 1. The highest BCUT2D eigenvalue weighted by Gasteiger charge is 2.49. The van der Waals surface area contributed by atoms with Gasteiger partial charge in [-0.2, -0.15) is 0 Å². The van der Waals surface area contributed by atoms with Crippen molar-refractivity contribution in [3.63, 3.8) is 0 Å². The lowest BCUT2D eigenvalue weighted by Gasteiger charge is -2.35. The first kappa shape index (κ1) is 20.5. The number of halogens is 1. The van der Waals surface area contributed by atoms with E-state index in [0.29, 0.717) is 10.6 Å². The second-order valence-corrected chi connectivity index (χ2v) is 9.16. The fourth-order valence-corrected chi connectivity index (χ4v) is 5.94. The van der Waals surface area contributed by atoms with Crippen LogP contribution in [-0.2, 0) is 5.41 Å². The first-order chi connectivity index (χ1) is 15.2. The van der Waals surface area contributed by atoms with E-state index in [-0.39, 0.29) is 5.41 Å². The van der Waals surface area contributed by atoms with Crippen molar-refractivity contribution >= 4 is 40.8 Å². The van der Waals surface area contributed by atoms with Gasteiger partial charge < -0.3 is 10.2 Å². The maximum absolute atomic E-state index is 12.0. The van der Waals surface area contributed by atoms with Gasteiger partial charge >= 0.3 is 0 Å². The maximum Gasteiger partial charge on any atom is 0.153 e. The molecule has 3 aliphatic rings. The standard InChI is InChI=1S/C25H29ClN4O/c1-27-24-25(10-3-2-4-11-25)20-9-8-18(29-14-12-28-13-15-29)16-23(20)30(24)22-7-5-6-21(26)19(22)17-31/h5-9,16-17,28H,2-4,10-15H2,1H3. The smallest absolute Gasteiger partial charge is 0.153 e. The zero-order valence-corrected chi connectivity index (χ0v) is 18.8. The van der Waals surface area contributed by atoms with Crippen LogP contribution in [0.25, 0.3) is 0 Å². The molecule has 1 saturated heterocycles. The summed E-state index contributed by atoms with van der Waals surface area (Å²) in [5.74, 6) is 1.05. The first-order valence-corrected chi connectivity index (χ1v) is 11.7. The molecule has 6 heteroatoms. The average Bonchev–Trinajstić information content (AvgIpc) is 3.08. The molecule has 2 heterocycles. The zero-order valence-electron chi connectivity index (χ0n) is 18.0. The van der Waals surface area contributed by atoms with Crippen molar-refractivity contribution in [1.82, 2.24) is 5.32 Å². The summed E-state index contributed by atoms with van der Waals surface area (Å²) in [6, 6.07) is 12.6. The largest absolute Gasteiger partial charge is 0.369 e. The van der Waals surface area contributed by atoms with E-state index < -0.39 is 0 Å². The number of aldehydes is 1. The Hall–Kier alpha value is -2.37. The van der Waals surface area contributed by atoms with E-state index in [1.165, 1.54) is 30.5 Å². The van der Waals surface area contributed by atoms with E-state index in [0.717, 1.165) is 62.5 Å². The quantitative estimate of drug-likeness (QED) is 0.692. The van der Waals surface area contributed by atoms with Gasteiger partial charge in [-0.1, -0.05) is 43.0 Å². The average molecular weight is 437 g/mol. The SMILES string of the molecule is CN=C1N(c2cccc(Cl)c2C=O)c2cc(N3CCNCC3)ccc2C12CCCCC2. The number of nitrogens with zero attached hydrogens (tertiary/aromatic N) is 3. The minimum absolute atomic E-state index is 0.0905. The van der Waals surface area contributed by atoms with Crippen molar-refractivity contribution in [2.45, 2.75) is 37.5 Å². The van der Waals surface area contributed by atoms with Gasteiger partial charge in [0, 0.05) is 38.9 Å². The third kappa shape index (κ3) is 3.26. The highest BCUT2D eigenvalue weighted by atomic mass is 35.5. The molecule has 5 nitrogen and oxygen atoms in total.